The van der Waals surface area contributed by atoms with E-state index in [0.29, 0.717) is 24.4 Å². The lowest BCUT2D eigenvalue weighted by atomic mass is 9.95. The number of methoxy groups -OCH3 is 1. The molecular weight excluding hydrogens is 390 g/mol. The van der Waals surface area contributed by atoms with Gasteiger partial charge in [0.2, 0.25) is 5.91 Å². The number of rotatable bonds is 9. The number of carbonyl (C=O) groups is 2. The number of likely N-dealkylation sites (tertiary alicyclic amines) is 1. The number of piperidine rings is 1. The first-order valence-corrected chi connectivity index (χ1v) is 11.0. The fourth-order valence-electron chi connectivity index (χ4n) is 3.92. The third-order valence-corrected chi connectivity index (χ3v) is 5.85. The minimum atomic E-state index is -0.181. The molecule has 6 nitrogen and oxygen atoms in total. The van der Waals surface area contributed by atoms with Crippen LogP contribution in [-0.2, 0) is 16.1 Å². The predicted molar refractivity (Wildman–Crippen MR) is 123 cm³/mol. The average Bonchev–Trinajstić information content (AvgIpc) is 2.79. The number of benzene rings is 2. The third-order valence-electron chi connectivity index (χ3n) is 5.85. The highest BCUT2D eigenvalue weighted by Gasteiger charge is 2.26. The molecule has 1 fully saturated rings. The predicted octanol–water partition coefficient (Wildman–Crippen LogP) is 3.61. The zero-order chi connectivity index (χ0) is 22.1. The summed E-state index contributed by atoms with van der Waals surface area (Å²) in [5, 5.41) is 5.88. The average molecular weight is 424 g/mol. The Hall–Kier alpha value is -2.70. The van der Waals surface area contributed by atoms with Gasteiger partial charge in [-0.25, -0.2) is 0 Å². The van der Waals surface area contributed by atoms with Gasteiger partial charge >= 0.3 is 0 Å². The number of carbonyl (C=O) groups excluding carboxylic acids is 2. The van der Waals surface area contributed by atoms with Gasteiger partial charge in [0.25, 0.3) is 5.91 Å². The molecule has 2 amide bonds. The molecule has 0 aliphatic carbocycles. The van der Waals surface area contributed by atoms with Crippen molar-refractivity contribution in [1.82, 2.24) is 10.2 Å². The van der Waals surface area contributed by atoms with Crippen LogP contribution in [0.4, 0.5) is 5.69 Å². The summed E-state index contributed by atoms with van der Waals surface area (Å²) in [5.74, 6) is -0.221. The second-order valence-corrected chi connectivity index (χ2v) is 8.11. The smallest absolute Gasteiger partial charge is 0.253 e. The molecule has 1 aliphatic heterocycles. The number of aryl methyl sites for hydroxylation is 1. The van der Waals surface area contributed by atoms with E-state index in [1.807, 2.05) is 12.1 Å². The van der Waals surface area contributed by atoms with E-state index >= 15 is 0 Å². The minimum absolute atomic E-state index is 0.00447. The Kier molecular flexibility index (Phi) is 8.62. The molecule has 2 aromatic carbocycles. The van der Waals surface area contributed by atoms with Crippen LogP contribution in [0.5, 0.6) is 0 Å². The second-order valence-electron chi connectivity index (χ2n) is 8.11. The topological polar surface area (TPSA) is 70.7 Å². The monoisotopic (exact) mass is 423 g/mol. The van der Waals surface area contributed by atoms with Crippen molar-refractivity contribution in [3.63, 3.8) is 0 Å². The van der Waals surface area contributed by atoms with Gasteiger partial charge < -0.3 is 15.4 Å². The number of hydrogen-bond donors (Lipinski definition) is 2. The number of hydrogen-bond acceptors (Lipinski definition) is 4. The fraction of sp³-hybridized carbons (Fsp3) is 0.440. The van der Waals surface area contributed by atoms with Crippen molar-refractivity contribution >= 4 is 17.5 Å². The zero-order valence-corrected chi connectivity index (χ0v) is 18.5. The maximum Gasteiger partial charge on any atom is 0.253 e. The summed E-state index contributed by atoms with van der Waals surface area (Å²) < 4.78 is 5.01. The summed E-state index contributed by atoms with van der Waals surface area (Å²) in [7, 11) is 1.64. The van der Waals surface area contributed by atoms with Crippen molar-refractivity contribution in [2.45, 2.75) is 32.7 Å². The molecule has 0 atom stereocenters. The van der Waals surface area contributed by atoms with Gasteiger partial charge in [-0.2, -0.15) is 0 Å². The maximum atomic E-state index is 12.9. The number of para-hydroxylation sites is 1. The minimum Gasteiger partial charge on any atom is -0.385 e. The van der Waals surface area contributed by atoms with Crippen LogP contribution in [0.15, 0.2) is 48.5 Å². The Morgan fingerprint density at radius 1 is 1.06 bits per heavy atom. The number of ether oxygens (including phenoxy) is 1. The molecular formula is C25H33N3O3. The fourth-order valence-corrected chi connectivity index (χ4v) is 3.92. The lowest BCUT2D eigenvalue weighted by molar-refractivity contribution is -0.121. The van der Waals surface area contributed by atoms with Crippen LogP contribution >= 0.6 is 0 Å². The first-order chi connectivity index (χ1) is 15.1. The highest BCUT2D eigenvalue weighted by Crippen LogP contribution is 2.23. The van der Waals surface area contributed by atoms with Crippen molar-refractivity contribution in [2.75, 3.05) is 38.7 Å². The normalized spacial score (nSPS) is 14.9. The highest BCUT2D eigenvalue weighted by atomic mass is 16.5. The molecule has 0 aromatic heterocycles. The first-order valence-electron chi connectivity index (χ1n) is 11.0. The summed E-state index contributed by atoms with van der Waals surface area (Å²) in [6.07, 6.45) is 2.39. The third kappa shape index (κ3) is 6.64. The van der Waals surface area contributed by atoms with Gasteiger partial charge in [-0.1, -0.05) is 36.4 Å². The Morgan fingerprint density at radius 2 is 1.77 bits per heavy atom. The van der Waals surface area contributed by atoms with E-state index in [2.05, 4.69) is 46.7 Å². The van der Waals surface area contributed by atoms with E-state index in [0.717, 1.165) is 38.9 Å². The molecule has 2 N–H and O–H groups in total. The molecule has 0 bridgehead atoms. The molecule has 0 spiro atoms. The van der Waals surface area contributed by atoms with Crippen LogP contribution in [0.1, 0.15) is 40.7 Å². The van der Waals surface area contributed by atoms with Crippen LogP contribution in [0.2, 0.25) is 0 Å². The number of anilines is 1. The zero-order valence-electron chi connectivity index (χ0n) is 18.5. The van der Waals surface area contributed by atoms with Crippen LogP contribution < -0.4 is 10.6 Å². The van der Waals surface area contributed by atoms with Crippen molar-refractivity contribution in [3.05, 3.63) is 65.2 Å². The van der Waals surface area contributed by atoms with Crippen molar-refractivity contribution in [3.8, 4) is 0 Å². The van der Waals surface area contributed by atoms with Crippen LogP contribution in [0.25, 0.3) is 0 Å². The van der Waals surface area contributed by atoms with Crippen molar-refractivity contribution < 1.29 is 14.3 Å². The van der Waals surface area contributed by atoms with Gasteiger partial charge in [0.15, 0.2) is 0 Å². The van der Waals surface area contributed by atoms with Gasteiger partial charge in [-0.3, -0.25) is 14.5 Å². The maximum absolute atomic E-state index is 12.9. The molecule has 2 aromatic rings. The summed E-state index contributed by atoms with van der Waals surface area (Å²) in [5.41, 5.74) is 3.71. The van der Waals surface area contributed by atoms with Crippen molar-refractivity contribution in [2.24, 2.45) is 5.92 Å². The molecule has 0 unspecified atom stereocenters. The number of amides is 2. The summed E-state index contributed by atoms with van der Waals surface area (Å²) in [6.45, 7) is 5.99. The molecule has 3 rings (SSSR count). The molecule has 0 radical (unpaired) electrons. The Labute approximate surface area is 185 Å². The lowest BCUT2D eigenvalue weighted by Gasteiger charge is -2.31. The largest absolute Gasteiger partial charge is 0.385 e. The van der Waals surface area contributed by atoms with Gasteiger partial charge in [0.1, 0.15) is 0 Å². The molecule has 6 heteroatoms. The summed E-state index contributed by atoms with van der Waals surface area (Å²) in [6, 6.07) is 15.6. The molecule has 0 saturated carbocycles. The molecule has 31 heavy (non-hydrogen) atoms. The van der Waals surface area contributed by atoms with Crippen LogP contribution in [0.3, 0.4) is 0 Å². The summed E-state index contributed by atoms with van der Waals surface area (Å²) in [4.78, 5) is 27.8. The van der Waals surface area contributed by atoms with E-state index in [-0.39, 0.29) is 17.7 Å². The Balaban J connectivity index is 1.52. The van der Waals surface area contributed by atoms with Gasteiger partial charge in [0.05, 0.1) is 11.3 Å². The molecule has 166 valence electrons. The van der Waals surface area contributed by atoms with E-state index in [1.165, 1.54) is 11.1 Å². The van der Waals surface area contributed by atoms with Gasteiger partial charge in [-0.05, 0) is 62.5 Å². The van der Waals surface area contributed by atoms with Crippen molar-refractivity contribution in [1.29, 1.82) is 0 Å². The number of nitrogens with one attached hydrogen (secondary N) is 2. The van der Waals surface area contributed by atoms with Crippen LogP contribution in [0, 0.1) is 12.8 Å². The standard InChI is InChI=1S/C25H33N3O3/c1-19-8-3-4-9-21(19)18-28-15-12-20(13-16-28)24(29)27-23-11-6-5-10-22(23)25(30)26-14-7-17-31-2/h3-6,8-11,20H,7,12-18H2,1-2H3,(H,26,30)(H,27,29). The number of nitrogens with zero attached hydrogens (tertiary/aromatic N) is 1. The first kappa shape index (κ1) is 23.0. The lowest BCUT2D eigenvalue weighted by Crippen LogP contribution is -2.38. The Morgan fingerprint density at radius 3 is 2.52 bits per heavy atom. The second kappa shape index (κ2) is 11.6. The SMILES string of the molecule is COCCCNC(=O)c1ccccc1NC(=O)C1CCN(Cc2ccccc2C)CC1. The van der Waals surface area contributed by atoms with Gasteiger partial charge in [0, 0.05) is 32.7 Å². The molecule has 1 heterocycles. The summed E-state index contributed by atoms with van der Waals surface area (Å²) >= 11 is 0. The molecule has 1 aliphatic rings. The van der Waals surface area contributed by atoms with E-state index in [9.17, 15) is 9.59 Å². The quantitative estimate of drug-likeness (QED) is 0.605. The highest BCUT2D eigenvalue weighted by molar-refractivity contribution is 6.04. The Bertz CT molecular complexity index is 876. The van der Waals surface area contributed by atoms with E-state index in [4.69, 9.17) is 4.74 Å². The van der Waals surface area contributed by atoms with Gasteiger partial charge in [-0.15, -0.1) is 0 Å². The van der Waals surface area contributed by atoms with Crippen LogP contribution in [-0.4, -0.2) is 50.1 Å². The molecule has 1 saturated heterocycles. The van der Waals surface area contributed by atoms with E-state index < -0.39 is 0 Å². The van der Waals surface area contributed by atoms with E-state index in [1.54, 1.807) is 19.2 Å².